The van der Waals surface area contributed by atoms with E-state index in [1.54, 1.807) is 36.8 Å². The van der Waals surface area contributed by atoms with Gasteiger partial charge in [-0.15, -0.1) is 11.3 Å². The van der Waals surface area contributed by atoms with E-state index in [9.17, 15) is 14.4 Å². The van der Waals surface area contributed by atoms with E-state index >= 15 is 0 Å². The summed E-state index contributed by atoms with van der Waals surface area (Å²) in [5.41, 5.74) is 0.863. The van der Waals surface area contributed by atoms with Crippen LogP contribution in [0.25, 0.3) is 0 Å². The standard InChI is InChI=1S/C17H18N2O5S/c1-23-13-5-2-4-12(8-13)9-18-15(20)11-24-16(21)10-19-17(22)14-6-3-7-25-14/h2-8H,9-11H2,1H3,(H,18,20)(H,19,22). The zero-order valence-electron chi connectivity index (χ0n) is 13.6. The van der Waals surface area contributed by atoms with Gasteiger partial charge in [0.1, 0.15) is 12.3 Å². The number of carbonyl (C=O) groups excluding carboxylic acids is 3. The summed E-state index contributed by atoms with van der Waals surface area (Å²) < 4.78 is 9.92. The molecule has 1 aromatic heterocycles. The number of rotatable bonds is 8. The molecule has 0 atom stereocenters. The summed E-state index contributed by atoms with van der Waals surface area (Å²) >= 11 is 1.27. The Bertz CT molecular complexity index is 730. The van der Waals surface area contributed by atoms with Crippen LogP contribution in [0, 0.1) is 0 Å². The van der Waals surface area contributed by atoms with Gasteiger partial charge in [0.25, 0.3) is 11.8 Å². The van der Waals surface area contributed by atoms with Crippen LogP contribution in [0.1, 0.15) is 15.2 Å². The van der Waals surface area contributed by atoms with Gasteiger partial charge in [0.15, 0.2) is 6.61 Å². The van der Waals surface area contributed by atoms with Crippen LogP contribution in [0.3, 0.4) is 0 Å². The quantitative estimate of drug-likeness (QED) is 0.692. The van der Waals surface area contributed by atoms with Crippen molar-refractivity contribution in [3.8, 4) is 5.75 Å². The number of methoxy groups -OCH3 is 1. The van der Waals surface area contributed by atoms with E-state index in [1.807, 2.05) is 12.1 Å². The fourth-order valence-electron chi connectivity index (χ4n) is 1.88. The lowest BCUT2D eigenvalue weighted by Gasteiger charge is -2.08. The van der Waals surface area contributed by atoms with Gasteiger partial charge in [-0.05, 0) is 29.1 Å². The molecule has 0 unspecified atom stereocenters. The summed E-state index contributed by atoms with van der Waals surface area (Å²) in [4.78, 5) is 35.4. The minimum atomic E-state index is -0.679. The third-order valence-corrected chi connectivity index (χ3v) is 3.99. The summed E-state index contributed by atoms with van der Waals surface area (Å²) in [6.07, 6.45) is 0. The molecule has 0 aliphatic heterocycles. The average Bonchev–Trinajstić information content (AvgIpc) is 3.17. The minimum absolute atomic E-state index is 0.292. The molecular formula is C17H18N2O5S. The first-order valence-electron chi connectivity index (χ1n) is 7.45. The Morgan fingerprint density at radius 3 is 2.68 bits per heavy atom. The normalized spacial score (nSPS) is 9.96. The maximum atomic E-state index is 11.7. The number of carbonyl (C=O) groups is 3. The van der Waals surface area contributed by atoms with E-state index in [4.69, 9.17) is 9.47 Å². The molecule has 0 bridgehead atoms. The molecule has 1 heterocycles. The molecule has 0 radical (unpaired) electrons. The smallest absolute Gasteiger partial charge is 0.325 e. The molecule has 1 aromatic carbocycles. The number of ether oxygens (including phenoxy) is 2. The van der Waals surface area contributed by atoms with Crippen LogP contribution in [0.5, 0.6) is 5.75 Å². The van der Waals surface area contributed by atoms with E-state index in [-0.39, 0.29) is 12.5 Å². The SMILES string of the molecule is COc1cccc(CNC(=O)COC(=O)CNC(=O)c2cccs2)c1. The number of nitrogens with one attached hydrogen (secondary N) is 2. The molecule has 25 heavy (non-hydrogen) atoms. The second kappa shape index (κ2) is 9.43. The van der Waals surface area contributed by atoms with Gasteiger partial charge < -0.3 is 20.1 Å². The first-order chi connectivity index (χ1) is 12.1. The van der Waals surface area contributed by atoms with Crippen molar-refractivity contribution in [2.75, 3.05) is 20.3 Å². The topological polar surface area (TPSA) is 93.7 Å². The van der Waals surface area contributed by atoms with Crippen LogP contribution in [0.4, 0.5) is 0 Å². The maximum Gasteiger partial charge on any atom is 0.325 e. The molecule has 2 rings (SSSR count). The molecule has 0 aliphatic carbocycles. The van der Waals surface area contributed by atoms with E-state index in [0.717, 1.165) is 5.56 Å². The zero-order valence-corrected chi connectivity index (χ0v) is 14.4. The molecule has 8 heteroatoms. The average molecular weight is 362 g/mol. The highest BCUT2D eigenvalue weighted by molar-refractivity contribution is 7.12. The summed E-state index contributed by atoms with van der Waals surface area (Å²) in [5, 5.41) is 6.83. The van der Waals surface area contributed by atoms with E-state index in [0.29, 0.717) is 17.2 Å². The number of hydrogen-bond acceptors (Lipinski definition) is 6. The van der Waals surface area contributed by atoms with Crippen molar-refractivity contribution in [2.24, 2.45) is 0 Å². The van der Waals surface area contributed by atoms with Gasteiger partial charge in [0.05, 0.1) is 12.0 Å². The summed E-state index contributed by atoms with van der Waals surface area (Å²) in [6.45, 7) is -0.403. The summed E-state index contributed by atoms with van der Waals surface area (Å²) in [7, 11) is 1.56. The van der Waals surface area contributed by atoms with Gasteiger partial charge in [-0.2, -0.15) is 0 Å². The Labute approximate surface area is 148 Å². The maximum absolute atomic E-state index is 11.7. The van der Waals surface area contributed by atoms with Crippen molar-refractivity contribution >= 4 is 29.1 Å². The lowest BCUT2D eigenvalue weighted by Crippen LogP contribution is -2.33. The molecule has 7 nitrogen and oxygen atoms in total. The molecule has 0 saturated heterocycles. The predicted octanol–water partition coefficient (Wildman–Crippen LogP) is 1.35. The Hall–Kier alpha value is -2.87. The lowest BCUT2D eigenvalue weighted by molar-refractivity contribution is -0.147. The van der Waals surface area contributed by atoms with Crippen LogP contribution < -0.4 is 15.4 Å². The number of thiophene rings is 1. The predicted molar refractivity (Wildman–Crippen MR) is 92.5 cm³/mol. The van der Waals surface area contributed by atoms with Crippen LogP contribution in [-0.2, 0) is 20.9 Å². The monoisotopic (exact) mass is 362 g/mol. The second-order valence-electron chi connectivity index (χ2n) is 4.95. The lowest BCUT2D eigenvalue weighted by atomic mass is 10.2. The van der Waals surface area contributed by atoms with E-state index in [1.165, 1.54) is 11.3 Å². The fraction of sp³-hybridized carbons (Fsp3) is 0.235. The first-order valence-corrected chi connectivity index (χ1v) is 8.33. The van der Waals surface area contributed by atoms with Crippen molar-refractivity contribution in [3.63, 3.8) is 0 Å². The molecular weight excluding hydrogens is 344 g/mol. The number of hydrogen-bond donors (Lipinski definition) is 2. The van der Waals surface area contributed by atoms with Gasteiger partial charge in [0.2, 0.25) is 0 Å². The largest absolute Gasteiger partial charge is 0.497 e. The number of amides is 2. The molecule has 0 spiro atoms. The third kappa shape index (κ3) is 6.27. The van der Waals surface area contributed by atoms with E-state index in [2.05, 4.69) is 10.6 Å². The van der Waals surface area contributed by atoms with Crippen LogP contribution in [-0.4, -0.2) is 38.0 Å². The highest BCUT2D eigenvalue weighted by Crippen LogP contribution is 2.12. The van der Waals surface area contributed by atoms with Gasteiger partial charge in [-0.3, -0.25) is 14.4 Å². The van der Waals surface area contributed by atoms with Gasteiger partial charge >= 0.3 is 5.97 Å². The van der Waals surface area contributed by atoms with Gasteiger partial charge in [0, 0.05) is 6.54 Å². The zero-order chi connectivity index (χ0) is 18.1. The highest BCUT2D eigenvalue weighted by Gasteiger charge is 2.11. The van der Waals surface area contributed by atoms with Crippen LogP contribution >= 0.6 is 11.3 Å². The van der Waals surface area contributed by atoms with Crippen molar-refractivity contribution in [1.29, 1.82) is 0 Å². The Balaban J connectivity index is 1.65. The van der Waals surface area contributed by atoms with Gasteiger partial charge in [-0.25, -0.2) is 0 Å². The highest BCUT2D eigenvalue weighted by atomic mass is 32.1. The summed E-state index contributed by atoms with van der Waals surface area (Å²) in [6, 6.07) is 10.7. The number of benzene rings is 1. The van der Waals surface area contributed by atoms with Crippen molar-refractivity contribution in [1.82, 2.24) is 10.6 Å². The molecule has 0 saturated carbocycles. The molecule has 0 aliphatic rings. The van der Waals surface area contributed by atoms with Crippen molar-refractivity contribution in [3.05, 3.63) is 52.2 Å². The molecule has 0 fully saturated rings. The van der Waals surface area contributed by atoms with Crippen molar-refractivity contribution < 1.29 is 23.9 Å². The second-order valence-corrected chi connectivity index (χ2v) is 5.90. The summed E-state index contributed by atoms with van der Waals surface area (Å²) in [5.74, 6) is -0.767. The van der Waals surface area contributed by atoms with Crippen molar-refractivity contribution in [2.45, 2.75) is 6.54 Å². The fourth-order valence-corrected chi connectivity index (χ4v) is 2.52. The van der Waals surface area contributed by atoms with Crippen LogP contribution in [0.15, 0.2) is 41.8 Å². The van der Waals surface area contributed by atoms with Gasteiger partial charge in [-0.1, -0.05) is 18.2 Å². The van der Waals surface area contributed by atoms with E-state index < -0.39 is 18.5 Å². The molecule has 2 N–H and O–H groups in total. The first kappa shape index (κ1) is 18.5. The minimum Gasteiger partial charge on any atom is -0.497 e. The van der Waals surface area contributed by atoms with Crippen LogP contribution in [0.2, 0.25) is 0 Å². The Kier molecular flexibility index (Phi) is 6.97. The third-order valence-electron chi connectivity index (χ3n) is 3.13. The Morgan fingerprint density at radius 2 is 1.96 bits per heavy atom. The number of esters is 1. The molecule has 2 amide bonds. The Morgan fingerprint density at radius 1 is 1.12 bits per heavy atom. The molecule has 2 aromatic rings. The molecule has 132 valence electrons.